The molecule has 6 nitrogen and oxygen atoms in total. The number of hydrogen-bond acceptors (Lipinski definition) is 4. The molecule has 6 rings (SSSR count). The monoisotopic (exact) mass is 448 g/mol. The highest BCUT2D eigenvalue weighted by atomic mass is 19.1. The lowest BCUT2D eigenvalue weighted by Gasteiger charge is -2.13. The van der Waals surface area contributed by atoms with Crippen molar-refractivity contribution in [2.24, 2.45) is 0 Å². The number of fused-ring (bicyclic) bond motifs is 2. The van der Waals surface area contributed by atoms with E-state index in [-0.39, 0.29) is 5.82 Å². The summed E-state index contributed by atoms with van der Waals surface area (Å²) < 4.78 is 13.4. The molecule has 0 fully saturated rings. The van der Waals surface area contributed by atoms with Crippen molar-refractivity contribution in [2.45, 2.75) is 0 Å². The molecule has 0 radical (unpaired) electrons. The number of aromatic nitrogens is 5. The van der Waals surface area contributed by atoms with Crippen LogP contribution in [0.25, 0.3) is 55.6 Å². The minimum atomic E-state index is -0.256. The van der Waals surface area contributed by atoms with Crippen molar-refractivity contribution in [3.05, 3.63) is 85.1 Å². The fourth-order valence-corrected chi connectivity index (χ4v) is 4.26. The van der Waals surface area contributed by atoms with E-state index < -0.39 is 0 Å². The van der Waals surface area contributed by atoms with Crippen molar-refractivity contribution in [2.75, 3.05) is 19.0 Å². The van der Waals surface area contributed by atoms with Gasteiger partial charge in [0.15, 0.2) is 0 Å². The summed E-state index contributed by atoms with van der Waals surface area (Å²) in [7, 11) is 4.00. The number of nitrogens with zero attached hydrogens (tertiary/aromatic N) is 4. The maximum Gasteiger partial charge on any atom is 0.138 e. The largest absolute Gasteiger partial charge is 0.376 e. The van der Waals surface area contributed by atoms with Crippen molar-refractivity contribution < 1.29 is 4.39 Å². The molecule has 4 heterocycles. The predicted molar refractivity (Wildman–Crippen MR) is 134 cm³/mol. The zero-order valence-electron chi connectivity index (χ0n) is 18.7. The van der Waals surface area contributed by atoms with Crippen LogP contribution < -0.4 is 4.90 Å². The van der Waals surface area contributed by atoms with Crippen LogP contribution in [0.15, 0.2) is 79.3 Å². The average Bonchev–Trinajstić information content (AvgIpc) is 3.48. The Bertz CT molecular complexity index is 1650. The molecule has 0 amide bonds. The number of nitrogens with one attached hydrogen (secondary N) is 2. The highest BCUT2D eigenvalue weighted by Crippen LogP contribution is 2.35. The Labute approximate surface area is 195 Å². The van der Waals surface area contributed by atoms with Gasteiger partial charge in [-0.25, -0.2) is 9.37 Å². The van der Waals surface area contributed by atoms with Crippen molar-refractivity contribution in [3.8, 4) is 33.6 Å². The maximum atomic E-state index is 13.4. The molecule has 0 unspecified atom stereocenters. The molecule has 6 aromatic rings. The van der Waals surface area contributed by atoms with Gasteiger partial charge >= 0.3 is 0 Å². The third-order valence-corrected chi connectivity index (χ3v) is 6.08. The number of pyridine rings is 2. The standard InChI is InChI=1S/C27H21FN6/c1-34(2)20-11-18(14-29-15-20)17-5-8-24-23(12-17)26(33-32-24)25-13-22-21(9-10-30-27(22)31-25)16-3-6-19(28)7-4-16/h3-15H,1-2H3,(H,30,31)(H,32,33). The highest BCUT2D eigenvalue weighted by molar-refractivity contribution is 6.00. The first-order chi connectivity index (χ1) is 16.6. The molecule has 0 aliphatic heterocycles. The molecule has 0 atom stereocenters. The molecular weight excluding hydrogens is 427 g/mol. The van der Waals surface area contributed by atoms with E-state index in [4.69, 9.17) is 0 Å². The van der Waals surface area contributed by atoms with Gasteiger partial charge in [0.2, 0.25) is 0 Å². The molecule has 0 saturated carbocycles. The van der Waals surface area contributed by atoms with Gasteiger partial charge in [-0.3, -0.25) is 10.1 Å². The Balaban J connectivity index is 1.47. The molecule has 166 valence electrons. The number of anilines is 1. The number of H-pyrrole nitrogens is 2. The van der Waals surface area contributed by atoms with E-state index in [0.29, 0.717) is 0 Å². The third kappa shape index (κ3) is 3.38. The molecular formula is C27H21FN6. The van der Waals surface area contributed by atoms with Gasteiger partial charge in [-0.15, -0.1) is 0 Å². The van der Waals surface area contributed by atoms with Gasteiger partial charge < -0.3 is 9.88 Å². The second kappa shape index (κ2) is 7.81. The van der Waals surface area contributed by atoms with E-state index in [1.807, 2.05) is 43.5 Å². The lowest BCUT2D eigenvalue weighted by Crippen LogP contribution is -2.08. The highest BCUT2D eigenvalue weighted by Gasteiger charge is 2.15. The van der Waals surface area contributed by atoms with E-state index in [2.05, 4.69) is 49.4 Å². The van der Waals surface area contributed by atoms with Crippen LogP contribution in [0.5, 0.6) is 0 Å². The fraction of sp³-hybridized carbons (Fsp3) is 0.0741. The summed E-state index contributed by atoms with van der Waals surface area (Å²) in [6, 6.07) is 18.9. The normalized spacial score (nSPS) is 11.4. The summed E-state index contributed by atoms with van der Waals surface area (Å²) in [5, 5.41) is 9.69. The first kappa shape index (κ1) is 20.1. The number of rotatable bonds is 4. The SMILES string of the molecule is CN(C)c1cncc(-c2ccc3[nH]nc(-c4cc5c(-c6ccc(F)cc6)ccnc5[nH]4)c3c2)c1. The smallest absolute Gasteiger partial charge is 0.138 e. The van der Waals surface area contributed by atoms with E-state index in [1.165, 1.54) is 12.1 Å². The average molecular weight is 449 g/mol. The van der Waals surface area contributed by atoms with Gasteiger partial charge in [-0.1, -0.05) is 18.2 Å². The van der Waals surface area contributed by atoms with Crippen LogP contribution in [0.4, 0.5) is 10.1 Å². The zero-order valence-corrected chi connectivity index (χ0v) is 18.7. The summed E-state index contributed by atoms with van der Waals surface area (Å²) in [4.78, 5) is 14.4. The van der Waals surface area contributed by atoms with Crippen LogP contribution in [0, 0.1) is 5.82 Å². The second-order valence-corrected chi connectivity index (χ2v) is 8.47. The predicted octanol–water partition coefficient (Wildman–Crippen LogP) is 6.04. The Hall–Kier alpha value is -4.52. The fourth-order valence-electron chi connectivity index (χ4n) is 4.26. The molecule has 0 aliphatic rings. The van der Waals surface area contributed by atoms with Gasteiger partial charge in [0, 0.05) is 42.8 Å². The van der Waals surface area contributed by atoms with Crippen LogP contribution in [0.3, 0.4) is 0 Å². The molecule has 4 aromatic heterocycles. The van der Waals surface area contributed by atoms with Gasteiger partial charge in [-0.2, -0.15) is 5.10 Å². The molecule has 2 aromatic carbocycles. The second-order valence-electron chi connectivity index (χ2n) is 8.47. The number of aromatic amines is 2. The van der Waals surface area contributed by atoms with Gasteiger partial charge in [-0.05, 0) is 59.2 Å². The molecule has 2 N–H and O–H groups in total. The van der Waals surface area contributed by atoms with Crippen LogP contribution in [0.2, 0.25) is 0 Å². The molecule has 0 spiro atoms. The summed E-state index contributed by atoms with van der Waals surface area (Å²) in [6.45, 7) is 0. The Morgan fingerprint density at radius 3 is 2.47 bits per heavy atom. The van der Waals surface area contributed by atoms with Crippen LogP contribution in [0.1, 0.15) is 0 Å². The van der Waals surface area contributed by atoms with Crippen LogP contribution in [-0.4, -0.2) is 39.2 Å². The van der Waals surface area contributed by atoms with Crippen LogP contribution in [-0.2, 0) is 0 Å². The lowest BCUT2D eigenvalue weighted by molar-refractivity contribution is 0.628. The minimum absolute atomic E-state index is 0.256. The molecule has 0 bridgehead atoms. The van der Waals surface area contributed by atoms with Crippen molar-refractivity contribution in [1.82, 2.24) is 25.1 Å². The van der Waals surface area contributed by atoms with Crippen LogP contribution >= 0.6 is 0 Å². The molecule has 0 aliphatic carbocycles. The molecule has 7 heteroatoms. The Kier molecular flexibility index (Phi) is 4.62. The van der Waals surface area contributed by atoms with Gasteiger partial charge in [0.05, 0.1) is 23.1 Å². The number of halogens is 1. The number of benzene rings is 2. The molecule has 0 saturated heterocycles. The van der Waals surface area contributed by atoms with E-state index in [0.717, 1.165) is 61.3 Å². The zero-order chi connectivity index (χ0) is 23.2. The minimum Gasteiger partial charge on any atom is -0.376 e. The maximum absolute atomic E-state index is 13.4. The Morgan fingerprint density at radius 2 is 1.65 bits per heavy atom. The van der Waals surface area contributed by atoms with Gasteiger partial charge in [0.25, 0.3) is 0 Å². The Morgan fingerprint density at radius 1 is 0.824 bits per heavy atom. The van der Waals surface area contributed by atoms with E-state index >= 15 is 0 Å². The van der Waals surface area contributed by atoms with E-state index in [1.54, 1.807) is 18.3 Å². The summed E-state index contributed by atoms with van der Waals surface area (Å²) in [5.74, 6) is -0.256. The van der Waals surface area contributed by atoms with Crippen molar-refractivity contribution >= 4 is 27.6 Å². The summed E-state index contributed by atoms with van der Waals surface area (Å²) in [6.07, 6.45) is 5.48. The molecule has 34 heavy (non-hydrogen) atoms. The quantitative estimate of drug-likeness (QED) is 0.345. The number of hydrogen-bond donors (Lipinski definition) is 2. The third-order valence-electron chi connectivity index (χ3n) is 6.08. The lowest BCUT2D eigenvalue weighted by atomic mass is 10.0. The summed E-state index contributed by atoms with van der Waals surface area (Å²) >= 11 is 0. The van der Waals surface area contributed by atoms with Crippen molar-refractivity contribution in [1.29, 1.82) is 0 Å². The van der Waals surface area contributed by atoms with Crippen molar-refractivity contribution in [3.63, 3.8) is 0 Å². The topological polar surface area (TPSA) is 73.5 Å². The van der Waals surface area contributed by atoms with E-state index in [9.17, 15) is 4.39 Å². The summed E-state index contributed by atoms with van der Waals surface area (Å²) in [5.41, 5.74) is 8.44. The first-order valence-electron chi connectivity index (χ1n) is 10.9. The van der Waals surface area contributed by atoms with Gasteiger partial charge in [0.1, 0.15) is 17.2 Å². The first-order valence-corrected chi connectivity index (χ1v) is 10.9.